The third kappa shape index (κ3) is 2.31. The highest BCUT2D eigenvalue weighted by molar-refractivity contribution is 5.95. The van der Waals surface area contributed by atoms with E-state index >= 15 is 0 Å². The topological polar surface area (TPSA) is 38.7 Å². The lowest BCUT2D eigenvalue weighted by atomic mass is 9.99. The van der Waals surface area contributed by atoms with E-state index in [0.717, 1.165) is 35.9 Å². The first-order chi connectivity index (χ1) is 12.7. The molecule has 1 heterocycles. The fourth-order valence-corrected chi connectivity index (χ4v) is 3.91. The van der Waals surface area contributed by atoms with Crippen molar-refractivity contribution in [1.82, 2.24) is 15.0 Å². The van der Waals surface area contributed by atoms with Gasteiger partial charge in [0.1, 0.15) is 11.6 Å². The molecule has 126 valence electrons. The van der Waals surface area contributed by atoms with E-state index in [2.05, 4.69) is 76.5 Å². The molecule has 1 aliphatic carbocycles. The molecule has 0 atom stereocenters. The van der Waals surface area contributed by atoms with Crippen LogP contribution in [0.25, 0.3) is 33.3 Å². The van der Waals surface area contributed by atoms with Crippen molar-refractivity contribution < 1.29 is 0 Å². The van der Waals surface area contributed by atoms with Crippen LogP contribution in [0.5, 0.6) is 0 Å². The van der Waals surface area contributed by atoms with E-state index in [4.69, 9.17) is 0 Å². The van der Waals surface area contributed by atoms with Crippen molar-refractivity contribution in [3.8, 4) is 22.5 Å². The van der Waals surface area contributed by atoms with Crippen molar-refractivity contribution in [3.05, 3.63) is 77.4 Å². The molecule has 0 fully saturated rings. The number of hydrogen-bond donors (Lipinski definition) is 0. The minimum Gasteiger partial charge on any atom is -0.218 e. The Bertz CT molecular complexity index is 1160. The van der Waals surface area contributed by atoms with Crippen molar-refractivity contribution in [3.63, 3.8) is 0 Å². The number of rotatable bonds is 2. The molecule has 0 aliphatic heterocycles. The van der Waals surface area contributed by atoms with Gasteiger partial charge in [-0.25, -0.2) is 15.0 Å². The molecule has 0 amide bonds. The number of aryl methyl sites for hydroxylation is 2. The second-order valence-corrected chi connectivity index (χ2v) is 6.84. The van der Waals surface area contributed by atoms with E-state index in [1.165, 1.54) is 33.0 Å². The van der Waals surface area contributed by atoms with Crippen LogP contribution < -0.4 is 0 Å². The van der Waals surface area contributed by atoms with Crippen LogP contribution in [0.15, 0.2) is 54.6 Å². The quantitative estimate of drug-likeness (QED) is 0.448. The summed E-state index contributed by atoms with van der Waals surface area (Å²) < 4.78 is 0. The standard InChI is InChI=1S/C23H19N3/c1-3-22-24-14(2)25-23(26-22)17-9-8-16-12-21-18-7-5-4-6-15(18)10-11-19(21)20(16)13-17/h4-11,13H,3,12H2,1-2H3. The molecule has 3 aromatic carbocycles. The molecule has 0 saturated carbocycles. The molecular formula is C23H19N3. The second-order valence-electron chi connectivity index (χ2n) is 6.84. The van der Waals surface area contributed by atoms with Crippen molar-refractivity contribution in [1.29, 1.82) is 0 Å². The summed E-state index contributed by atoms with van der Waals surface area (Å²) in [7, 11) is 0. The summed E-state index contributed by atoms with van der Waals surface area (Å²) in [5.74, 6) is 2.39. The molecule has 4 aromatic rings. The monoisotopic (exact) mass is 337 g/mol. The van der Waals surface area contributed by atoms with Crippen molar-refractivity contribution in [2.45, 2.75) is 26.7 Å². The van der Waals surface area contributed by atoms with Gasteiger partial charge in [-0.2, -0.15) is 0 Å². The van der Waals surface area contributed by atoms with Gasteiger partial charge < -0.3 is 0 Å². The maximum absolute atomic E-state index is 4.63. The average molecular weight is 337 g/mol. The Morgan fingerprint density at radius 1 is 0.885 bits per heavy atom. The van der Waals surface area contributed by atoms with Gasteiger partial charge in [0, 0.05) is 12.0 Å². The maximum Gasteiger partial charge on any atom is 0.163 e. The van der Waals surface area contributed by atoms with E-state index in [0.29, 0.717) is 0 Å². The number of fused-ring (bicyclic) bond motifs is 5. The van der Waals surface area contributed by atoms with Crippen LogP contribution in [0.2, 0.25) is 0 Å². The Labute approximate surface area is 152 Å². The SMILES string of the molecule is CCc1nc(C)nc(-c2ccc3c(c2)-c2ccc4ccccc4c2C3)n1. The molecule has 0 radical (unpaired) electrons. The third-order valence-electron chi connectivity index (χ3n) is 5.18. The zero-order chi connectivity index (χ0) is 17.7. The molecule has 5 rings (SSSR count). The van der Waals surface area contributed by atoms with E-state index in [-0.39, 0.29) is 0 Å². The molecule has 3 nitrogen and oxygen atoms in total. The van der Waals surface area contributed by atoms with Crippen LogP contribution in [-0.2, 0) is 12.8 Å². The summed E-state index contributed by atoms with van der Waals surface area (Å²) in [5, 5.41) is 2.66. The molecule has 26 heavy (non-hydrogen) atoms. The Hall–Kier alpha value is -3.07. The minimum atomic E-state index is 0.770. The van der Waals surface area contributed by atoms with E-state index in [1.54, 1.807) is 0 Å². The van der Waals surface area contributed by atoms with Crippen LogP contribution in [0.4, 0.5) is 0 Å². The van der Waals surface area contributed by atoms with Gasteiger partial charge in [-0.05, 0) is 52.4 Å². The highest BCUT2D eigenvalue weighted by atomic mass is 15.0. The van der Waals surface area contributed by atoms with Crippen molar-refractivity contribution in [2.24, 2.45) is 0 Å². The van der Waals surface area contributed by atoms with Gasteiger partial charge in [0.25, 0.3) is 0 Å². The summed E-state index contributed by atoms with van der Waals surface area (Å²) in [6.07, 6.45) is 1.80. The van der Waals surface area contributed by atoms with Gasteiger partial charge in [-0.1, -0.05) is 55.5 Å². The number of aromatic nitrogens is 3. The summed E-state index contributed by atoms with van der Waals surface area (Å²) in [6.45, 7) is 4.00. The summed E-state index contributed by atoms with van der Waals surface area (Å²) in [4.78, 5) is 13.6. The van der Waals surface area contributed by atoms with Gasteiger partial charge in [-0.3, -0.25) is 0 Å². The fraction of sp³-hybridized carbons (Fsp3) is 0.174. The van der Waals surface area contributed by atoms with E-state index in [9.17, 15) is 0 Å². The summed E-state index contributed by atoms with van der Waals surface area (Å²) in [5.41, 5.74) is 6.50. The van der Waals surface area contributed by atoms with Crippen LogP contribution >= 0.6 is 0 Å². The lowest BCUT2D eigenvalue weighted by molar-refractivity contribution is 0.869. The number of hydrogen-bond acceptors (Lipinski definition) is 3. The Morgan fingerprint density at radius 2 is 1.77 bits per heavy atom. The molecule has 0 N–H and O–H groups in total. The minimum absolute atomic E-state index is 0.770. The van der Waals surface area contributed by atoms with E-state index < -0.39 is 0 Å². The summed E-state index contributed by atoms with van der Waals surface area (Å²) >= 11 is 0. The Balaban J connectivity index is 1.68. The normalized spacial score (nSPS) is 12.2. The van der Waals surface area contributed by atoms with Gasteiger partial charge >= 0.3 is 0 Å². The Morgan fingerprint density at radius 3 is 2.65 bits per heavy atom. The highest BCUT2D eigenvalue weighted by Crippen LogP contribution is 2.41. The van der Waals surface area contributed by atoms with Gasteiger partial charge in [0.05, 0.1) is 0 Å². The van der Waals surface area contributed by atoms with Gasteiger partial charge in [0.2, 0.25) is 0 Å². The van der Waals surface area contributed by atoms with Crippen molar-refractivity contribution in [2.75, 3.05) is 0 Å². The lowest BCUT2D eigenvalue weighted by Gasteiger charge is -2.07. The first-order valence-corrected chi connectivity index (χ1v) is 9.09. The lowest BCUT2D eigenvalue weighted by Crippen LogP contribution is -2.01. The van der Waals surface area contributed by atoms with Crippen LogP contribution in [0.3, 0.4) is 0 Å². The Kier molecular flexibility index (Phi) is 3.35. The molecule has 1 aromatic heterocycles. The molecule has 0 bridgehead atoms. The summed E-state index contributed by atoms with van der Waals surface area (Å²) in [6, 6.07) is 19.7. The zero-order valence-electron chi connectivity index (χ0n) is 15.0. The van der Waals surface area contributed by atoms with Gasteiger partial charge in [-0.15, -0.1) is 0 Å². The zero-order valence-corrected chi connectivity index (χ0v) is 15.0. The first kappa shape index (κ1) is 15.2. The molecule has 1 aliphatic rings. The average Bonchev–Trinajstić information content (AvgIpc) is 3.05. The number of benzene rings is 3. The first-order valence-electron chi connectivity index (χ1n) is 9.09. The molecule has 0 saturated heterocycles. The smallest absolute Gasteiger partial charge is 0.163 e. The molecule has 3 heteroatoms. The van der Waals surface area contributed by atoms with E-state index in [1.807, 2.05) is 6.92 Å². The predicted molar refractivity (Wildman–Crippen MR) is 105 cm³/mol. The second kappa shape index (κ2) is 5.73. The van der Waals surface area contributed by atoms with Gasteiger partial charge in [0.15, 0.2) is 5.82 Å². The fourth-order valence-electron chi connectivity index (χ4n) is 3.91. The third-order valence-corrected chi connectivity index (χ3v) is 5.18. The predicted octanol–water partition coefficient (Wildman–Crippen LogP) is 5.13. The largest absolute Gasteiger partial charge is 0.218 e. The van der Waals surface area contributed by atoms with Crippen LogP contribution in [0.1, 0.15) is 29.7 Å². The maximum atomic E-state index is 4.63. The highest BCUT2D eigenvalue weighted by Gasteiger charge is 2.21. The van der Waals surface area contributed by atoms with Crippen LogP contribution in [0, 0.1) is 6.92 Å². The van der Waals surface area contributed by atoms with Crippen molar-refractivity contribution >= 4 is 10.8 Å². The molecule has 0 spiro atoms. The van der Waals surface area contributed by atoms with Crippen LogP contribution in [-0.4, -0.2) is 15.0 Å². The molecular weight excluding hydrogens is 318 g/mol. The number of nitrogens with zero attached hydrogens (tertiary/aromatic N) is 3. The molecule has 0 unspecified atom stereocenters.